The van der Waals surface area contributed by atoms with Crippen LogP contribution in [0.5, 0.6) is 0 Å². The van der Waals surface area contributed by atoms with Gasteiger partial charge in [-0.05, 0) is 0 Å². The van der Waals surface area contributed by atoms with Crippen molar-refractivity contribution in [3.05, 3.63) is 20.8 Å². The third kappa shape index (κ3) is 5.94. The van der Waals surface area contributed by atoms with Crippen LogP contribution in [0.1, 0.15) is 12.8 Å². The molecular weight excluding hydrogens is 350 g/mol. The summed E-state index contributed by atoms with van der Waals surface area (Å²) in [4.78, 5) is 11.2. The van der Waals surface area contributed by atoms with Crippen molar-refractivity contribution in [3.8, 4) is 0 Å². The Balaban J connectivity index is 4.29. The zero-order valence-corrected chi connectivity index (χ0v) is 11.9. The monoisotopic (exact) mass is 368 g/mol. The number of carbonyl (C=O) groups is 1. The number of quaternary nitrogens is 4. The molecule has 15 nitrogen and oxygen atoms in total. The number of rotatable bonds is 10. The summed E-state index contributed by atoms with van der Waals surface area (Å²) in [5, 5.41) is 70.6. The van der Waals surface area contributed by atoms with Crippen molar-refractivity contribution in [2.45, 2.75) is 24.7 Å². The lowest BCUT2D eigenvalue weighted by atomic mass is 10.3. The van der Waals surface area contributed by atoms with Crippen LogP contribution in [0.15, 0.2) is 0 Å². The summed E-state index contributed by atoms with van der Waals surface area (Å²) < 4.78 is 27.0. The minimum atomic E-state index is -3.62. The molecular formula is C7H18F2N6O9. The third-order valence-corrected chi connectivity index (χ3v) is 2.87. The first-order chi connectivity index (χ1) is 10.9. The van der Waals surface area contributed by atoms with E-state index in [1.165, 1.54) is 0 Å². The highest BCUT2D eigenvalue weighted by molar-refractivity contribution is 5.73. The van der Waals surface area contributed by atoms with Gasteiger partial charge >= 0.3 is 17.9 Å². The average molecular weight is 368 g/mol. The highest BCUT2D eigenvalue weighted by atomic mass is 19.2. The number of hydrogen-bond acceptors (Lipinski definition) is 9. The number of amides is 2. The summed E-state index contributed by atoms with van der Waals surface area (Å²) in [5.41, 5.74) is 0. The van der Waals surface area contributed by atoms with Gasteiger partial charge in [0.2, 0.25) is 0 Å². The molecule has 0 aromatic carbocycles. The standard InChI is InChI=1S/C7H18F2N6O9/c8-6(12(17)18,13(19)20)1-3-10-5(16)11-4-2-7(9,14(21)22)15(23)24/h12-15,17,19,21,23H,1-4H2,(H2,10,11,16). The Kier molecular flexibility index (Phi) is 8.70. The van der Waals surface area contributed by atoms with E-state index in [4.69, 9.17) is 20.8 Å². The number of halogens is 2. The molecule has 0 aliphatic carbocycles. The fraction of sp³-hybridized carbons (Fsp3) is 0.857. The SMILES string of the molecule is O=C(NCCC(F)([NH+]([O-])O)[NH+]([O-])O)NCCC(F)([NH+]([O-])O)[NH+]([O-])O. The van der Waals surface area contributed by atoms with Crippen molar-refractivity contribution in [2.24, 2.45) is 0 Å². The van der Waals surface area contributed by atoms with Crippen molar-refractivity contribution in [2.75, 3.05) is 13.1 Å². The van der Waals surface area contributed by atoms with Crippen molar-refractivity contribution in [3.63, 3.8) is 0 Å². The van der Waals surface area contributed by atoms with E-state index in [0.717, 1.165) is 0 Å². The van der Waals surface area contributed by atoms with Gasteiger partial charge in [0, 0.05) is 13.1 Å². The summed E-state index contributed by atoms with van der Waals surface area (Å²) in [7, 11) is 0. The van der Waals surface area contributed by atoms with Crippen molar-refractivity contribution < 1.29 is 55.3 Å². The second-order valence-electron chi connectivity index (χ2n) is 4.51. The molecule has 0 aromatic heterocycles. The lowest BCUT2D eigenvalue weighted by Gasteiger charge is -2.33. The molecule has 0 bridgehead atoms. The Bertz CT molecular complexity index is 351. The molecule has 24 heavy (non-hydrogen) atoms. The molecule has 0 heterocycles. The summed E-state index contributed by atoms with van der Waals surface area (Å²) in [6.45, 7) is -1.45. The number of carbonyl (C=O) groups excluding carboxylic acids is 1. The minimum Gasteiger partial charge on any atom is -0.593 e. The summed E-state index contributed by atoms with van der Waals surface area (Å²) in [6, 6.07) is -1.13. The Morgan fingerprint density at radius 3 is 1.25 bits per heavy atom. The highest BCUT2D eigenvalue weighted by Gasteiger charge is 2.46. The van der Waals surface area contributed by atoms with E-state index in [2.05, 4.69) is 0 Å². The van der Waals surface area contributed by atoms with E-state index in [-0.39, 0.29) is 0 Å². The maximum atomic E-state index is 13.5. The molecule has 0 aliphatic heterocycles. The van der Waals surface area contributed by atoms with Crippen LogP contribution < -0.4 is 31.5 Å². The van der Waals surface area contributed by atoms with Crippen LogP contribution in [0.25, 0.3) is 0 Å². The molecule has 0 saturated carbocycles. The first-order valence-electron chi connectivity index (χ1n) is 6.21. The highest BCUT2D eigenvalue weighted by Crippen LogP contribution is 1.98. The molecule has 0 fully saturated rings. The van der Waals surface area contributed by atoms with E-state index in [0.29, 0.717) is 0 Å². The fourth-order valence-corrected chi connectivity index (χ4v) is 1.37. The van der Waals surface area contributed by atoms with E-state index in [9.17, 15) is 34.4 Å². The Labute approximate surface area is 132 Å². The van der Waals surface area contributed by atoms with Gasteiger partial charge in [0.1, 0.15) is 12.8 Å². The van der Waals surface area contributed by atoms with E-state index < -0.39 is 64.7 Å². The molecule has 17 heteroatoms. The fourth-order valence-electron chi connectivity index (χ4n) is 1.37. The van der Waals surface area contributed by atoms with Crippen LogP contribution in [0.3, 0.4) is 0 Å². The first-order valence-corrected chi connectivity index (χ1v) is 6.21. The minimum absolute atomic E-state index is 0.723. The van der Waals surface area contributed by atoms with Crippen LogP contribution in [-0.2, 0) is 0 Å². The van der Waals surface area contributed by atoms with Gasteiger partial charge in [-0.2, -0.15) is 0 Å². The van der Waals surface area contributed by atoms with E-state index in [1.807, 2.05) is 10.6 Å². The van der Waals surface area contributed by atoms with Gasteiger partial charge in [-0.3, -0.25) is 0 Å². The Morgan fingerprint density at radius 2 is 1.04 bits per heavy atom. The predicted molar refractivity (Wildman–Crippen MR) is 62.8 cm³/mol. The molecule has 0 radical (unpaired) electrons. The van der Waals surface area contributed by atoms with Gasteiger partial charge in [0.05, 0.1) is 0 Å². The smallest absolute Gasteiger partial charge is 0.435 e. The van der Waals surface area contributed by atoms with Crippen LogP contribution >= 0.6 is 0 Å². The molecule has 10 N–H and O–H groups in total. The molecule has 0 saturated heterocycles. The summed E-state index contributed by atoms with van der Waals surface area (Å²) in [6.07, 6.45) is -2.22. The number of hydrogen-bond donors (Lipinski definition) is 10. The normalized spacial score (nSPS) is 21.8. The quantitative estimate of drug-likeness (QED) is 0.100. The van der Waals surface area contributed by atoms with Crippen molar-refractivity contribution in [1.82, 2.24) is 10.6 Å². The zero-order chi connectivity index (χ0) is 19.1. The third-order valence-electron chi connectivity index (χ3n) is 2.87. The van der Waals surface area contributed by atoms with Crippen LogP contribution in [0.4, 0.5) is 13.6 Å². The summed E-state index contributed by atoms with van der Waals surface area (Å²) >= 11 is 0. The van der Waals surface area contributed by atoms with Gasteiger partial charge in [-0.1, -0.05) is 0 Å². The van der Waals surface area contributed by atoms with Crippen LogP contribution in [0.2, 0.25) is 0 Å². The van der Waals surface area contributed by atoms with Crippen LogP contribution in [0, 0.1) is 20.8 Å². The molecule has 0 aliphatic rings. The van der Waals surface area contributed by atoms with Gasteiger partial charge in [-0.15, -0.1) is 29.7 Å². The maximum Gasteiger partial charge on any atom is 0.435 e. The molecule has 4 atom stereocenters. The molecule has 4 unspecified atom stereocenters. The summed E-state index contributed by atoms with van der Waals surface area (Å²) in [5.74, 6) is -7.23. The number of alkyl halides is 2. The lowest BCUT2D eigenvalue weighted by Crippen LogP contribution is -3.35. The van der Waals surface area contributed by atoms with Crippen molar-refractivity contribution >= 4 is 6.03 Å². The maximum absolute atomic E-state index is 13.5. The van der Waals surface area contributed by atoms with Gasteiger partial charge in [0.25, 0.3) is 0 Å². The number of nitrogens with one attached hydrogen (secondary N) is 6. The van der Waals surface area contributed by atoms with Gasteiger partial charge in [0.15, 0.2) is 0 Å². The Hall–Kier alpha value is -1.35. The largest absolute Gasteiger partial charge is 0.593 e. The van der Waals surface area contributed by atoms with Gasteiger partial charge < -0.3 is 31.5 Å². The molecule has 0 aromatic rings. The topological polar surface area (TPSA) is 232 Å². The van der Waals surface area contributed by atoms with E-state index in [1.54, 1.807) is 0 Å². The number of urea groups is 1. The zero-order valence-electron chi connectivity index (χ0n) is 11.9. The molecule has 2 amide bonds. The number of hydroxylamine groups is 8. The first kappa shape index (κ1) is 22.6. The van der Waals surface area contributed by atoms with E-state index >= 15 is 0 Å². The second-order valence-corrected chi connectivity index (χ2v) is 4.51. The molecule has 0 spiro atoms. The van der Waals surface area contributed by atoms with Crippen molar-refractivity contribution in [1.29, 1.82) is 0 Å². The van der Waals surface area contributed by atoms with Gasteiger partial charge in [-0.25, -0.2) is 25.6 Å². The predicted octanol–water partition coefficient (Wildman–Crippen LogP) is -6.60. The Morgan fingerprint density at radius 1 is 0.792 bits per heavy atom. The second kappa shape index (κ2) is 9.22. The molecule has 0 rings (SSSR count). The average Bonchev–Trinajstić information content (AvgIpc) is 2.45. The molecule has 144 valence electrons. The lowest BCUT2D eigenvalue weighted by molar-refractivity contribution is -1.29. The van der Waals surface area contributed by atoms with Crippen LogP contribution in [-0.4, -0.2) is 51.8 Å².